The van der Waals surface area contributed by atoms with Crippen molar-refractivity contribution in [1.82, 2.24) is 30.2 Å². The number of rotatable bonds is 5. The molecular formula is C15H17N7O2. The van der Waals surface area contributed by atoms with Crippen molar-refractivity contribution in [3.8, 4) is 0 Å². The number of pyridine rings is 1. The van der Waals surface area contributed by atoms with Gasteiger partial charge in [0.2, 0.25) is 5.56 Å². The molecule has 1 atom stereocenters. The number of aromatic nitrogens is 5. The summed E-state index contributed by atoms with van der Waals surface area (Å²) in [4.78, 5) is 43.3. The highest BCUT2D eigenvalue weighted by molar-refractivity contribution is 5.94. The molecule has 24 heavy (non-hydrogen) atoms. The SMILES string of the molecule is CC(CNC(=O)c1cc[nH]c(=O)c1)N(C)c1ncnc2nc[nH]c12. The molecular weight excluding hydrogens is 310 g/mol. The molecule has 3 rings (SSSR count). The summed E-state index contributed by atoms with van der Waals surface area (Å²) in [6, 6.07) is 2.80. The van der Waals surface area contributed by atoms with Crippen molar-refractivity contribution in [2.45, 2.75) is 13.0 Å². The van der Waals surface area contributed by atoms with Crippen molar-refractivity contribution in [3.05, 3.63) is 46.9 Å². The molecule has 0 saturated heterocycles. The zero-order chi connectivity index (χ0) is 17.1. The van der Waals surface area contributed by atoms with Crippen LogP contribution in [0, 0.1) is 0 Å². The molecule has 0 radical (unpaired) electrons. The van der Waals surface area contributed by atoms with Crippen LogP contribution in [0.15, 0.2) is 35.8 Å². The van der Waals surface area contributed by atoms with Gasteiger partial charge in [-0.1, -0.05) is 0 Å². The first-order chi connectivity index (χ1) is 11.6. The first-order valence-corrected chi connectivity index (χ1v) is 7.40. The lowest BCUT2D eigenvalue weighted by Crippen LogP contribution is -2.40. The van der Waals surface area contributed by atoms with Gasteiger partial charge < -0.3 is 20.2 Å². The van der Waals surface area contributed by atoms with E-state index in [1.807, 2.05) is 18.9 Å². The first kappa shape index (κ1) is 15.7. The van der Waals surface area contributed by atoms with Crippen LogP contribution in [0.4, 0.5) is 5.82 Å². The Kier molecular flexibility index (Phi) is 4.23. The number of nitrogens with one attached hydrogen (secondary N) is 3. The summed E-state index contributed by atoms with van der Waals surface area (Å²) in [5.74, 6) is 0.408. The molecule has 0 aliphatic carbocycles. The number of carbonyl (C=O) groups excluding carboxylic acids is 1. The predicted octanol–water partition coefficient (Wildman–Crippen LogP) is 0.296. The Labute approximate surface area is 137 Å². The van der Waals surface area contributed by atoms with Gasteiger partial charge in [0.15, 0.2) is 11.5 Å². The number of amides is 1. The van der Waals surface area contributed by atoms with Gasteiger partial charge in [-0.3, -0.25) is 9.59 Å². The fourth-order valence-corrected chi connectivity index (χ4v) is 2.29. The number of anilines is 1. The zero-order valence-corrected chi connectivity index (χ0v) is 13.3. The Morgan fingerprint density at radius 1 is 1.33 bits per heavy atom. The molecule has 1 amide bonds. The molecule has 0 aromatic carbocycles. The van der Waals surface area contributed by atoms with Crippen molar-refractivity contribution in [1.29, 1.82) is 0 Å². The summed E-state index contributed by atoms with van der Waals surface area (Å²) in [6.07, 6.45) is 4.47. The lowest BCUT2D eigenvalue weighted by Gasteiger charge is -2.26. The quantitative estimate of drug-likeness (QED) is 0.620. The van der Waals surface area contributed by atoms with Crippen LogP contribution >= 0.6 is 0 Å². The zero-order valence-electron chi connectivity index (χ0n) is 13.3. The van der Waals surface area contributed by atoms with Gasteiger partial charge in [0.1, 0.15) is 11.8 Å². The van der Waals surface area contributed by atoms with Crippen molar-refractivity contribution in [3.63, 3.8) is 0 Å². The smallest absolute Gasteiger partial charge is 0.251 e. The molecule has 124 valence electrons. The molecule has 1 unspecified atom stereocenters. The van der Waals surface area contributed by atoms with Gasteiger partial charge in [-0.25, -0.2) is 15.0 Å². The van der Waals surface area contributed by atoms with Crippen LogP contribution in [0.3, 0.4) is 0 Å². The number of fused-ring (bicyclic) bond motifs is 1. The molecule has 0 bridgehead atoms. The molecule has 9 nitrogen and oxygen atoms in total. The average Bonchev–Trinajstić information content (AvgIpc) is 3.07. The van der Waals surface area contributed by atoms with Gasteiger partial charge in [0.05, 0.1) is 6.33 Å². The van der Waals surface area contributed by atoms with Gasteiger partial charge in [-0.2, -0.15) is 0 Å². The van der Waals surface area contributed by atoms with Crippen molar-refractivity contribution in [2.24, 2.45) is 0 Å². The Bertz CT molecular complexity index is 917. The van der Waals surface area contributed by atoms with E-state index in [4.69, 9.17) is 0 Å². The fraction of sp³-hybridized carbons (Fsp3) is 0.267. The third-order valence-corrected chi connectivity index (χ3v) is 3.79. The summed E-state index contributed by atoms with van der Waals surface area (Å²) >= 11 is 0. The third-order valence-electron chi connectivity index (χ3n) is 3.79. The summed E-state index contributed by atoms with van der Waals surface area (Å²) < 4.78 is 0. The van der Waals surface area contributed by atoms with Crippen LogP contribution in [0.1, 0.15) is 17.3 Å². The Morgan fingerprint density at radius 3 is 2.96 bits per heavy atom. The highest BCUT2D eigenvalue weighted by atomic mass is 16.2. The minimum absolute atomic E-state index is 0.0302. The topological polar surface area (TPSA) is 120 Å². The number of aromatic amines is 2. The average molecular weight is 327 g/mol. The van der Waals surface area contributed by atoms with E-state index in [0.29, 0.717) is 23.6 Å². The Morgan fingerprint density at radius 2 is 2.17 bits per heavy atom. The largest absolute Gasteiger partial charge is 0.353 e. The molecule has 0 aliphatic heterocycles. The number of carbonyl (C=O) groups is 1. The van der Waals surface area contributed by atoms with E-state index in [2.05, 4.69) is 30.2 Å². The molecule has 9 heteroatoms. The van der Waals surface area contributed by atoms with Crippen LogP contribution in [0.25, 0.3) is 11.2 Å². The molecule has 0 aliphatic rings. The lowest BCUT2D eigenvalue weighted by atomic mass is 10.2. The number of nitrogens with zero attached hydrogens (tertiary/aromatic N) is 4. The number of likely N-dealkylation sites (N-methyl/N-ethyl adjacent to an activating group) is 1. The van der Waals surface area contributed by atoms with E-state index < -0.39 is 0 Å². The molecule has 3 N–H and O–H groups in total. The maximum Gasteiger partial charge on any atom is 0.251 e. The molecule has 0 spiro atoms. The maximum absolute atomic E-state index is 12.1. The van der Waals surface area contributed by atoms with Gasteiger partial charge >= 0.3 is 0 Å². The van der Waals surface area contributed by atoms with Crippen molar-refractivity contribution in [2.75, 3.05) is 18.5 Å². The first-order valence-electron chi connectivity index (χ1n) is 7.40. The van der Waals surface area contributed by atoms with E-state index >= 15 is 0 Å². The molecule has 3 heterocycles. The summed E-state index contributed by atoms with van der Waals surface area (Å²) in [6.45, 7) is 2.35. The minimum Gasteiger partial charge on any atom is -0.353 e. The van der Waals surface area contributed by atoms with Gasteiger partial charge in [-0.15, -0.1) is 0 Å². The fourth-order valence-electron chi connectivity index (χ4n) is 2.29. The van der Waals surface area contributed by atoms with Gasteiger partial charge in [0.25, 0.3) is 5.91 Å². The van der Waals surface area contributed by atoms with E-state index in [9.17, 15) is 9.59 Å². The molecule has 3 aromatic heterocycles. The van der Waals surface area contributed by atoms with Crippen LogP contribution in [-0.4, -0.2) is 50.5 Å². The second kappa shape index (κ2) is 6.49. The van der Waals surface area contributed by atoms with Crippen LogP contribution in [0.2, 0.25) is 0 Å². The maximum atomic E-state index is 12.1. The minimum atomic E-state index is -0.310. The van der Waals surface area contributed by atoms with E-state index in [1.165, 1.54) is 18.6 Å². The van der Waals surface area contributed by atoms with Crippen LogP contribution in [-0.2, 0) is 0 Å². The number of hydrogen-bond donors (Lipinski definition) is 3. The van der Waals surface area contributed by atoms with E-state index in [0.717, 1.165) is 5.52 Å². The Hall–Kier alpha value is -3.23. The molecule has 3 aromatic rings. The normalized spacial score (nSPS) is 12.1. The van der Waals surface area contributed by atoms with Crippen molar-refractivity contribution < 1.29 is 4.79 Å². The van der Waals surface area contributed by atoms with Crippen LogP contribution in [0.5, 0.6) is 0 Å². The number of hydrogen-bond acceptors (Lipinski definition) is 6. The summed E-state index contributed by atoms with van der Waals surface area (Å²) in [5.41, 5.74) is 1.35. The summed E-state index contributed by atoms with van der Waals surface area (Å²) in [5, 5.41) is 2.82. The number of H-pyrrole nitrogens is 2. The number of imidazole rings is 1. The van der Waals surface area contributed by atoms with Gasteiger partial charge in [-0.05, 0) is 13.0 Å². The molecule has 0 fully saturated rings. The second-order valence-corrected chi connectivity index (χ2v) is 5.41. The van der Waals surface area contributed by atoms with Crippen molar-refractivity contribution >= 4 is 22.9 Å². The van der Waals surface area contributed by atoms with Gasteiger partial charge in [0, 0.05) is 37.5 Å². The van der Waals surface area contributed by atoms with Crippen LogP contribution < -0.4 is 15.8 Å². The third kappa shape index (κ3) is 3.09. The Balaban J connectivity index is 1.68. The molecule has 0 saturated carbocycles. The van der Waals surface area contributed by atoms with E-state index in [1.54, 1.807) is 12.4 Å². The highest BCUT2D eigenvalue weighted by Gasteiger charge is 2.17. The second-order valence-electron chi connectivity index (χ2n) is 5.41. The predicted molar refractivity (Wildman–Crippen MR) is 88.9 cm³/mol. The monoisotopic (exact) mass is 327 g/mol. The highest BCUT2D eigenvalue weighted by Crippen LogP contribution is 2.19. The lowest BCUT2D eigenvalue weighted by molar-refractivity contribution is 0.0951. The summed E-state index contributed by atoms with van der Waals surface area (Å²) in [7, 11) is 1.88. The standard InChI is InChI=1S/C15H17N7O2/c1-9(6-17-15(24)10-3-4-16-11(23)5-10)22(2)14-12-13(19-7-18-12)20-8-21-14/h3-5,7-9H,6H2,1-2H3,(H,16,23)(H,17,24)(H,18,19,20,21). The van der Waals surface area contributed by atoms with E-state index in [-0.39, 0.29) is 17.5 Å².